The summed E-state index contributed by atoms with van der Waals surface area (Å²) in [7, 11) is -3.58. The molecular formula is C14H19ClN2O2S2. The number of thiocarbonyl (C=S) groups is 1. The largest absolute Gasteiger partial charge is 0.389 e. The van der Waals surface area contributed by atoms with Crippen LogP contribution in [0.1, 0.15) is 25.8 Å². The van der Waals surface area contributed by atoms with Gasteiger partial charge in [-0.1, -0.05) is 43.7 Å². The van der Waals surface area contributed by atoms with Crippen LogP contribution in [0.3, 0.4) is 0 Å². The van der Waals surface area contributed by atoms with Crippen LogP contribution in [0.5, 0.6) is 0 Å². The minimum absolute atomic E-state index is 0.116. The van der Waals surface area contributed by atoms with Crippen LogP contribution in [0, 0.1) is 11.8 Å². The number of piperidine rings is 1. The molecule has 116 valence electrons. The van der Waals surface area contributed by atoms with Gasteiger partial charge in [0.2, 0.25) is 10.0 Å². The number of hydrogen-bond donors (Lipinski definition) is 1. The zero-order valence-corrected chi connectivity index (χ0v) is 14.4. The molecule has 2 unspecified atom stereocenters. The van der Waals surface area contributed by atoms with Crippen LogP contribution in [0.15, 0.2) is 23.1 Å². The Labute approximate surface area is 136 Å². The summed E-state index contributed by atoms with van der Waals surface area (Å²) in [4.78, 5) is 0.312. The lowest BCUT2D eigenvalue weighted by molar-refractivity contribution is 0.222. The standard InChI is InChI=1S/C14H19ClN2O2S2/c1-9-5-10(2)8-17(7-9)21(18,19)13-4-3-11(14(16)20)6-12(13)15/h3-4,6,9-10H,5,7-8H2,1-2H3,(H2,16,20). The monoisotopic (exact) mass is 346 g/mol. The maximum atomic E-state index is 12.8. The van der Waals surface area contributed by atoms with Crippen LogP contribution in [0.25, 0.3) is 0 Å². The van der Waals surface area contributed by atoms with Crippen LogP contribution in [-0.2, 0) is 10.0 Å². The van der Waals surface area contributed by atoms with Crippen LogP contribution < -0.4 is 5.73 Å². The summed E-state index contributed by atoms with van der Waals surface area (Å²) in [6, 6.07) is 4.58. The first-order valence-electron chi connectivity index (χ1n) is 6.81. The highest BCUT2D eigenvalue weighted by molar-refractivity contribution is 7.89. The number of sulfonamides is 1. The predicted molar refractivity (Wildman–Crippen MR) is 89.0 cm³/mol. The molecule has 0 saturated carbocycles. The van der Waals surface area contributed by atoms with Crippen molar-refractivity contribution in [3.63, 3.8) is 0 Å². The van der Waals surface area contributed by atoms with E-state index in [0.717, 1.165) is 6.42 Å². The molecule has 1 aliphatic heterocycles. The summed E-state index contributed by atoms with van der Waals surface area (Å²) >= 11 is 11.0. The van der Waals surface area contributed by atoms with Crippen LogP contribution in [0.2, 0.25) is 5.02 Å². The SMILES string of the molecule is CC1CC(C)CN(S(=O)(=O)c2ccc(C(N)=S)cc2Cl)C1. The fraction of sp³-hybridized carbons (Fsp3) is 0.500. The molecule has 4 nitrogen and oxygen atoms in total. The van der Waals surface area contributed by atoms with Gasteiger partial charge in [0, 0.05) is 18.7 Å². The number of nitrogens with two attached hydrogens (primary N) is 1. The normalized spacial score (nSPS) is 24.0. The van der Waals surface area contributed by atoms with Crippen molar-refractivity contribution < 1.29 is 8.42 Å². The average Bonchev–Trinajstić information content (AvgIpc) is 2.36. The number of rotatable bonds is 3. The predicted octanol–water partition coefficient (Wildman–Crippen LogP) is 2.64. The van der Waals surface area contributed by atoms with Crippen LogP contribution in [-0.4, -0.2) is 30.8 Å². The van der Waals surface area contributed by atoms with E-state index >= 15 is 0 Å². The lowest BCUT2D eigenvalue weighted by Gasteiger charge is -2.34. The van der Waals surface area contributed by atoms with Gasteiger partial charge in [0.25, 0.3) is 0 Å². The van der Waals surface area contributed by atoms with Crippen molar-refractivity contribution >= 4 is 38.8 Å². The van der Waals surface area contributed by atoms with Gasteiger partial charge in [-0.15, -0.1) is 0 Å². The second kappa shape index (κ2) is 6.20. The maximum absolute atomic E-state index is 12.8. The second-order valence-corrected chi connectivity index (χ2v) is 8.53. The molecule has 0 bridgehead atoms. The Morgan fingerprint density at radius 2 is 1.90 bits per heavy atom. The van der Waals surface area contributed by atoms with E-state index < -0.39 is 10.0 Å². The first-order valence-corrected chi connectivity index (χ1v) is 9.04. The molecule has 2 N–H and O–H groups in total. The molecule has 0 aromatic heterocycles. The van der Waals surface area contributed by atoms with Crippen LogP contribution in [0.4, 0.5) is 0 Å². The van der Waals surface area contributed by atoms with Crippen molar-refractivity contribution in [1.82, 2.24) is 4.31 Å². The quantitative estimate of drug-likeness (QED) is 0.854. The van der Waals surface area contributed by atoms with Gasteiger partial charge in [0.1, 0.15) is 9.88 Å². The van der Waals surface area contributed by atoms with E-state index in [1.165, 1.54) is 16.4 Å². The molecule has 1 aromatic carbocycles. The van der Waals surface area contributed by atoms with Crippen molar-refractivity contribution in [2.45, 2.75) is 25.2 Å². The van der Waals surface area contributed by atoms with E-state index in [0.29, 0.717) is 30.5 Å². The Bertz CT molecular complexity index is 651. The smallest absolute Gasteiger partial charge is 0.244 e. The van der Waals surface area contributed by atoms with Gasteiger partial charge in [0.15, 0.2) is 0 Å². The topological polar surface area (TPSA) is 63.4 Å². The van der Waals surface area contributed by atoms with Gasteiger partial charge < -0.3 is 5.73 Å². The first kappa shape index (κ1) is 16.7. The zero-order chi connectivity index (χ0) is 15.8. The van der Waals surface area contributed by atoms with Crippen molar-refractivity contribution in [1.29, 1.82) is 0 Å². The number of benzene rings is 1. The molecule has 1 aliphatic rings. The maximum Gasteiger partial charge on any atom is 0.244 e. The van der Waals surface area contributed by atoms with E-state index in [1.54, 1.807) is 6.07 Å². The molecule has 0 amide bonds. The highest BCUT2D eigenvalue weighted by atomic mass is 35.5. The van der Waals surface area contributed by atoms with Crippen LogP contribution >= 0.6 is 23.8 Å². The fourth-order valence-corrected chi connectivity index (χ4v) is 5.13. The third-order valence-corrected chi connectivity index (χ3v) is 6.22. The Morgan fingerprint density at radius 1 is 1.33 bits per heavy atom. The highest BCUT2D eigenvalue weighted by Gasteiger charge is 2.32. The number of nitrogens with zero attached hydrogens (tertiary/aromatic N) is 1. The number of halogens is 1. The first-order chi connectivity index (χ1) is 9.71. The van der Waals surface area contributed by atoms with Gasteiger partial charge in [-0.25, -0.2) is 8.42 Å². The molecule has 0 radical (unpaired) electrons. The van der Waals surface area contributed by atoms with Crippen molar-refractivity contribution in [3.05, 3.63) is 28.8 Å². The minimum Gasteiger partial charge on any atom is -0.389 e. The molecule has 7 heteroatoms. The molecular weight excluding hydrogens is 328 g/mol. The Balaban J connectivity index is 2.37. The van der Waals surface area contributed by atoms with Crippen molar-refractivity contribution in [2.24, 2.45) is 17.6 Å². The summed E-state index contributed by atoms with van der Waals surface area (Å²) in [5, 5.41) is 0.158. The molecule has 1 fully saturated rings. The molecule has 1 heterocycles. The van der Waals surface area contributed by atoms with E-state index in [4.69, 9.17) is 29.6 Å². The van der Waals surface area contributed by atoms with Crippen molar-refractivity contribution in [3.8, 4) is 0 Å². The summed E-state index contributed by atoms with van der Waals surface area (Å²) < 4.78 is 27.0. The molecule has 2 atom stereocenters. The lowest BCUT2D eigenvalue weighted by atomic mass is 9.94. The highest BCUT2D eigenvalue weighted by Crippen LogP contribution is 2.30. The molecule has 1 aromatic rings. The molecule has 21 heavy (non-hydrogen) atoms. The van der Waals surface area contributed by atoms with Gasteiger partial charge in [0.05, 0.1) is 5.02 Å². The van der Waals surface area contributed by atoms with Gasteiger partial charge in [-0.3, -0.25) is 0 Å². The van der Waals surface area contributed by atoms with Gasteiger partial charge in [-0.05, 0) is 30.4 Å². The van der Waals surface area contributed by atoms with Gasteiger partial charge >= 0.3 is 0 Å². The van der Waals surface area contributed by atoms with E-state index in [2.05, 4.69) is 13.8 Å². The molecule has 0 aliphatic carbocycles. The Morgan fingerprint density at radius 3 is 2.38 bits per heavy atom. The fourth-order valence-electron chi connectivity index (χ4n) is 2.80. The molecule has 2 rings (SSSR count). The Hall–Kier alpha value is -0.690. The molecule has 1 saturated heterocycles. The molecule has 0 spiro atoms. The van der Waals surface area contributed by atoms with Gasteiger partial charge in [-0.2, -0.15) is 4.31 Å². The van der Waals surface area contributed by atoms with Crippen molar-refractivity contribution in [2.75, 3.05) is 13.1 Å². The second-order valence-electron chi connectivity index (χ2n) is 5.78. The zero-order valence-electron chi connectivity index (χ0n) is 12.0. The van der Waals surface area contributed by atoms with E-state index in [-0.39, 0.29) is 14.9 Å². The summed E-state index contributed by atoms with van der Waals surface area (Å²) in [5.41, 5.74) is 6.10. The summed E-state index contributed by atoms with van der Waals surface area (Å²) in [6.45, 7) is 5.19. The third-order valence-electron chi connectivity index (χ3n) is 3.67. The Kier molecular flexibility index (Phi) is 4.92. The summed E-state index contributed by atoms with van der Waals surface area (Å²) in [6.07, 6.45) is 1.04. The number of hydrogen-bond acceptors (Lipinski definition) is 3. The van der Waals surface area contributed by atoms with E-state index in [9.17, 15) is 8.42 Å². The van der Waals surface area contributed by atoms with E-state index in [1.807, 2.05) is 0 Å². The minimum atomic E-state index is -3.58. The third kappa shape index (κ3) is 3.56. The summed E-state index contributed by atoms with van der Waals surface area (Å²) in [5.74, 6) is 0.691. The lowest BCUT2D eigenvalue weighted by Crippen LogP contribution is -2.42. The average molecular weight is 347 g/mol.